The Morgan fingerprint density at radius 3 is 2.62 bits per heavy atom. The minimum atomic E-state index is -0.340. The average Bonchev–Trinajstić information content (AvgIpc) is 3.37. The van der Waals surface area contributed by atoms with Gasteiger partial charge in [-0.15, -0.1) is 0 Å². The number of methoxy groups -OCH3 is 1. The van der Waals surface area contributed by atoms with Crippen LogP contribution in [0.3, 0.4) is 0 Å². The first kappa shape index (κ1) is 26.4. The number of aryl methyl sites for hydroxylation is 2. The Hall–Kier alpha value is -4.20. The molecule has 0 saturated carbocycles. The fraction of sp³-hybridized carbons (Fsp3) is 0.355. The Bertz CT molecular complexity index is 1530. The lowest BCUT2D eigenvalue weighted by Crippen LogP contribution is -2.34. The molecule has 2 amide bonds. The van der Waals surface area contributed by atoms with E-state index in [1.165, 1.54) is 6.42 Å². The van der Waals surface area contributed by atoms with E-state index in [0.717, 1.165) is 60.5 Å². The minimum absolute atomic E-state index is 0.0526. The van der Waals surface area contributed by atoms with E-state index in [1.54, 1.807) is 36.0 Å². The Balaban J connectivity index is 1.34. The number of amides is 2. The molecule has 2 aromatic heterocycles. The number of hydrogen-bond acceptors (Lipinski definition) is 5. The van der Waals surface area contributed by atoms with Crippen LogP contribution in [0.25, 0.3) is 16.9 Å². The van der Waals surface area contributed by atoms with Crippen molar-refractivity contribution in [3.8, 4) is 17.0 Å². The van der Waals surface area contributed by atoms with Crippen LogP contribution >= 0.6 is 0 Å². The second kappa shape index (κ2) is 11.3. The summed E-state index contributed by atoms with van der Waals surface area (Å²) in [4.78, 5) is 32.7. The summed E-state index contributed by atoms with van der Waals surface area (Å²) in [7, 11) is 1.64. The van der Waals surface area contributed by atoms with Crippen molar-refractivity contribution < 1.29 is 14.3 Å². The molecule has 8 heteroatoms. The third-order valence-corrected chi connectivity index (χ3v) is 7.57. The highest BCUT2D eigenvalue weighted by Crippen LogP contribution is 2.27. The van der Waals surface area contributed by atoms with Crippen LogP contribution in [0.2, 0.25) is 0 Å². The highest BCUT2D eigenvalue weighted by Gasteiger charge is 2.20. The Morgan fingerprint density at radius 2 is 1.82 bits per heavy atom. The number of carbonyl (C=O) groups is 2. The minimum Gasteiger partial charge on any atom is -0.496 e. The van der Waals surface area contributed by atoms with E-state index >= 15 is 0 Å². The lowest BCUT2D eigenvalue weighted by atomic mass is 9.97. The number of rotatable bonds is 5. The standard InChI is InChI=1S/C31H35N5O3/c1-20-7-5-6-15-35(16-13-20)31(38)24-10-11-25(22(3)17-24)33-30(37)26-19-29-32-14-12-27(36(29)34-26)23-9-8-21(2)28(18-23)39-4/h8-12,14,17-20H,5-7,13,15-16H2,1-4H3,(H,33,37). The molecule has 2 aromatic carbocycles. The number of aromatic nitrogens is 3. The number of nitrogens with zero attached hydrogens (tertiary/aromatic N) is 4. The van der Waals surface area contributed by atoms with Crippen LogP contribution in [0.4, 0.5) is 5.69 Å². The summed E-state index contributed by atoms with van der Waals surface area (Å²) in [5, 5.41) is 7.52. The second-order valence-electron chi connectivity index (χ2n) is 10.5. The quantitative estimate of drug-likeness (QED) is 0.349. The molecule has 39 heavy (non-hydrogen) atoms. The molecular weight excluding hydrogens is 490 g/mol. The maximum absolute atomic E-state index is 13.2. The molecule has 1 aliphatic heterocycles. The largest absolute Gasteiger partial charge is 0.496 e. The van der Waals surface area contributed by atoms with Gasteiger partial charge in [0.25, 0.3) is 11.8 Å². The van der Waals surface area contributed by atoms with E-state index in [-0.39, 0.29) is 17.5 Å². The molecule has 8 nitrogen and oxygen atoms in total. The van der Waals surface area contributed by atoms with E-state index in [4.69, 9.17) is 4.74 Å². The summed E-state index contributed by atoms with van der Waals surface area (Å²) in [5.74, 6) is 1.14. The van der Waals surface area contributed by atoms with Gasteiger partial charge in [0.05, 0.1) is 12.8 Å². The number of fused-ring (bicyclic) bond motifs is 1. The number of anilines is 1. The van der Waals surface area contributed by atoms with Crippen LogP contribution in [-0.2, 0) is 0 Å². The molecule has 4 aromatic rings. The van der Waals surface area contributed by atoms with Gasteiger partial charge in [0.2, 0.25) is 0 Å². The van der Waals surface area contributed by atoms with Crippen molar-refractivity contribution in [1.82, 2.24) is 19.5 Å². The van der Waals surface area contributed by atoms with Gasteiger partial charge >= 0.3 is 0 Å². The zero-order chi connectivity index (χ0) is 27.5. The summed E-state index contributed by atoms with van der Waals surface area (Å²) < 4.78 is 7.14. The monoisotopic (exact) mass is 525 g/mol. The number of likely N-dealkylation sites (tertiary alicyclic amines) is 1. The van der Waals surface area contributed by atoms with Crippen molar-refractivity contribution in [1.29, 1.82) is 0 Å². The first-order valence-electron chi connectivity index (χ1n) is 13.5. The zero-order valence-corrected chi connectivity index (χ0v) is 23.0. The highest BCUT2D eigenvalue weighted by atomic mass is 16.5. The van der Waals surface area contributed by atoms with Gasteiger partial charge in [0.15, 0.2) is 11.3 Å². The van der Waals surface area contributed by atoms with Crippen molar-refractivity contribution in [3.63, 3.8) is 0 Å². The van der Waals surface area contributed by atoms with Crippen LogP contribution in [0.15, 0.2) is 54.7 Å². The molecule has 0 spiro atoms. The van der Waals surface area contributed by atoms with E-state index < -0.39 is 0 Å². The molecule has 1 unspecified atom stereocenters. The van der Waals surface area contributed by atoms with Crippen LogP contribution in [-0.4, -0.2) is 51.5 Å². The van der Waals surface area contributed by atoms with Gasteiger partial charge in [-0.25, -0.2) is 9.50 Å². The lowest BCUT2D eigenvalue weighted by Gasteiger charge is -2.27. The number of ether oxygens (including phenoxy) is 1. The summed E-state index contributed by atoms with van der Waals surface area (Å²) in [5.41, 5.74) is 5.68. The van der Waals surface area contributed by atoms with Crippen molar-refractivity contribution >= 4 is 23.1 Å². The molecule has 202 valence electrons. The maximum atomic E-state index is 13.2. The predicted molar refractivity (Wildman–Crippen MR) is 152 cm³/mol. The Morgan fingerprint density at radius 1 is 0.974 bits per heavy atom. The van der Waals surface area contributed by atoms with Crippen LogP contribution in [0.1, 0.15) is 64.6 Å². The predicted octanol–water partition coefficient (Wildman–Crippen LogP) is 5.93. The molecule has 0 aliphatic carbocycles. The number of carbonyl (C=O) groups excluding carboxylic acids is 2. The van der Waals surface area contributed by atoms with Crippen molar-refractivity contribution in [2.45, 2.75) is 46.5 Å². The van der Waals surface area contributed by atoms with E-state index in [9.17, 15) is 9.59 Å². The Kier molecular flexibility index (Phi) is 7.63. The van der Waals surface area contributed by atoms with Gasteiger partial charge in [-0.05, 0) is 74.1 Å². The van der Waals surface area contributed by atoms with Crippen LogP contribution in [0.5, 0.6) is 5.75 Å². The molecule has 5 rings (SSSR count). The van der Waals surface area contributed by atoms with Gasteiger partial charge < -0.3 is 15.0 Å². The molecule has 1 N–H and O–H groups in total. The summed E-state index contributed by atoms with van der Waals surface area (Å²) in [6.07, 6.45) is 6.17. The first-order valence-corrected chi connectivity index (χ1v) is 13.5. The van der Waals surface area contributed by atoms with E-state index in [1.807, 2.05) is 49.1 Å². The van der Waals surface area contributed by atoms with Crippen LogP contribution in [0, 0.1) is 19.8 Å². The fourth-order valence-electron chi connectivity index (χ4n) is 5.14. The van der Waals surface area contributed by atoms with Gasteiger partial charge in [0, 0.05) is 42.2 Å². The molecule has 3 heterocycles. The number of nitrogens with one attached hydrogen (secondary N) is 1. The fourth-order valence-corrected chi connectivity index (χ4v) is 5.14. The van der Waals surface area contributed by atoms with Gasteiger partial charge in [-0.2, -0.15) is 5.10 Å². The number of benzene rings is 2. The molecule has 0 radical (unpaired) electrons. The normalized spacial score (nSPS) is 16.0. The summed E-state index contributed by atoms with van der Waals surface area (Å²) in [6, 6.07) is 14.9. The van der Waals surface area contributed by atoms with Crippen LogP contribution < -0.4 is 10.1 Å². The Labute approximate surface area is 229 Å². The molecule has 1 saturated heterocycles. The SMILES string of the molecule is COc1cc(-c2ccnc3cc(C(=O)Nc4ccc(C(=O)N5CCCCC(C)CC5)cc4C)nn23)ccc1C. The summed E-state index contributed by atoms with van der Waals surface area (Å²) in [6.45, 7) is 7.73. The van der Waals surface area contributed by atoms with Gasteiger partial charge in [-0.1, -0.05) is 31.9 Å². The van der Waals surface area contributed by atoms with Crippen molar-refractivity contribution in [2.75, 3.05) is 25.5 Å². The van der Waals surface area contributed by atoms with E-state index in [0.29, 0.717) is 22.8 Å². The average molecular weight is 526 g/mol. The summed E-state index contributed by atoms with van der Waals surface area (Å²) >= 11 is 0. The molecule has 1 atom stereocenters. The smallest absolute Gasteiger partial charge is 0.276 e. The molecule has 1 fully saturated rings. The number of hydrogen-bond donors (Lipinski definition) is 1. The topological polar surface area (TPSA) is 88.8 Å². The molecule has 0 bridgehead atoms. The van der Waals surface area contributed by atoms with Crippen molar-refractivity contribution in [3.05, 3.63) is 77.1 Å². The second-order valence-corrected chi connectivity index (χ2v) is 10.5. The molecular formula is C31H35N5O3. The molecule has 1 aliphatic rings. The first-order chi connectivity index (χ1) is 18.8. The third kappa shape index (κ3) is 5.65. The van der Waals surface area contributed by atoms with Crippen molar-refractivity contribution in [2.24, 2.45) is 5.92 Å². The lowest BCUT2D eigenvalue weighted by molar-refractivity contribution is 0.0732. The van der Waals surface area contributed by atoms with Gasteiger partial charge in [0.1, 0.15) is 5.75 Å². The zero-order valence-electron chi connectivity index (χ0n) is 23.0. The van der Waals surface area contributed by atoms with E-state index in [2.05, 4.69) is 22.3 Å². The highest BCUT2D eigenvalue weighted by molar-refractivity contribution is 6.04. The van der Waals surface area contributed by atoms with Gasteiger partial charge in [-0.3, -0.25) is 9.59 Å². The maximum Gasteiger partial charge on any atom is 0.276 e. The third-order valence-electron chi connectivity index (χ3n) is 7.57.